The van der Waals surface area contributed by atoms with Gasteiger partial charge in [0, 0.05) is 27.9 Å². The highest BCUT2D eigenvalue weighted by molar-refractivity contribution is 7.20. The monoisotopic (exact) mass is 552 g/mol. The standard InChI is InChI=1S/C26H21ClN4O6S/c1-15-3-5-18(6-4-15)29-24(32)14-37-25-20(27)9-16(10-21(25)36-2)13-28-30-26(33)23-12-17-11-19(31(34)35)7-8-22(17)38-23/h3-13H,14H2,1-2H3,(H,29,32)(H,30,33)/b28-13-. The quantitative estimate of drug-likeness (QED) is 0.159. The van der Waals surface area contributed by atoms with Gasteiger partial charge >= 0.3 is 0 Å². The third-order valence-electron chi connectivity index (χ3n) is 5.25. The Bertz CT molecular complexity index is 1550. The molecule has 12 heteroatoms. The Morgan fingerprint density at radius 2 is 1.89 bits per heavy atom. The number of halogens is 1. The zero-order valence-electron chi connectivity index (χ0n) is 20.2. The molecule has 0 aliphatic carbocycles. The van der Waals surface area contributed by atoms with Crippen LogP contribution >= 0.6 is 22.9 Å². The molecule has 4 rings (SSSR count). The minimum atomic E-state index is -0.489. The van der Waals surface area contributed by atoms with Crippen LogP contribution in [0.15, 0.2) is 65.8 Å². The molecule has 0 fully saturated rings. The highest BCUT2D eigenvalue weighted by atomic mass is 35.5. The summed E-state index contributed by atoms with van der Waals surface area (Å²) in [6.07, 6.45) is 1.37. The molecule has 2 amide bonds. The number of hydrazone groups is 1. The van der Waals surface area contributed by atoms with Crippen LogP contribution in [0.2, 0.25) is 5.02 Å². The fourth-order valence-electron chi connectivity index (χ4n) is 3.40. The topological polar surface area (TPSA) is 132 Å². The van der Waals surface area contributed by atoms with Gasteiger partial charge in [0.25, 0.3) is 17.5 Å². The third-order valence-corrected chi connectivity index (χ3v) is 6.64. The molecule has 0 unspecified atom stereocenters. The Kier molecular flexibility index (Phi) is 8.19. The molecule has 1 aromatic heterocycles. The molecule has 0 bridgehead atoms. The third kappa shape index (κ3) is 6.44. The summed E-state index contributed by atoms with van der Waals surface area (Å²) < 4.78 is 11.7. The zero-order chi connectivity index (χ0) is 27.2. The van der Waals surface area contributed by atoms with Gasteiger partial charge in [-0.05, 0) is 48.9 Å². The van der Waals surface area contributed by atoms with E-state index in [1.807, 2.05) is 19.1 Å². The Hall–Kier alpha value is -4.48. The second-order valence-electron chi connectivity index (χ2n) is 8.03. The van der Waals surface area contributed by atoms with Crippen LogP contribution in [0, 0.1) is 17.0 Å². The van der Waals surface area contributed by atoms with E-state index in [-0.39, 0.29) is 34.7 Å². The van der Waals surface area contributed by atoms with Crippen LogP contribution in [0.25, 0.3) is 10.1 Å². The lowest BCUT2D eigenvalue weighted by atomic mass is 10.2. The molecule has 10 nitrogen and oxygen atoms in total. The van der Waals surface area contributed by atoms with Crippen molar-refractivity contribution < 1.29 is 24.0 Å². The molecule has 2 N–H and O–H groups in total. The first-order valence-electron chi connectivity index (χ1n) is 11.1. The summed E-state index contributed by atoms with van der Waals surface area (Å²) >= 11 is 7.55. The molecular weight excluding hydrogens is 532 g/mol. The van der Waals surface area contributed by atoms with E-state index in [2.05, 4.69) is 15.8 Å². The lowest BCUT2D eigenvalue weighted by Crippen LogP contribution is -2.20. The summed E-state index contributed by atoms with van der Waals surface area (Å²) in [6, 6.07) is 16.5. The number of hydrogen-bond acceptors (Lipinski definition) is 8. The largest absolute Gasteiger partial charge is 0.493 e. The number of nitro groups is 1. The number of methoxy groups -OCH3 is 1. The van der Waals surface area contributed by atoms with E-state index in [4.69, 9.17) is 21.1 Å². The van der Waals surface area contributed by atoms with Gasteiger partial charge in [-0.25, -0.2) is 5.43 Å². The van der Waals surface area contributed by atoms with E-state index in [1.54, 1.807) is 36.4 Å². The molecule has 3 aromatic carbocycles. The lowest BCUT2D eigenvalue weighted by molar-refractivity contribution is -0.384. The lowest BCUT2D eigenvalue weighted by Gasteiger charge is -2.13. The molecule has 0 aliphatic heterocycles. The number of nitrogens with zero attached hydrogens (tertiary/aromatic N) is 2. The minimum Gasteiger partial charge on any atom is -0.493 e. The number of anilines is 1. The smallest absolute Gasteiger partial charge is 0.281 e. The predicted molar refractivity (Wildman–Crippen MR) is 147 cm³/mol. The second-order valence-corrected chi connectivity index (χ2v) is 9.52. The minimum absolute atomic E-state index is 0.0505. The first kappa shape index (κ1) is 26.6. The molecule has 0 radical (unpaired) electrons. The van der Waals surface area contributed by atoms with Gasteiger partial charge in [-0.15, -0.1) is 11.3 Å². The van der Waals surface area contributed by atoms with E-state index in [0.29, 0.717) is 21.5 Å². The average Bonchev–Trinajstić information content (AvgIpc) is 3.33. The number of thiophene rings is 1. The van der Waals surface area contributed by atoms with Gasteiger partial charge in [0.1, 0.15) is 0 Å². The van der Waals surface area contributed by atoms with Crippen molar-refractivity contribution in [2.24, 2.45) is 5.10 Å². The summed E-state index contributed by atoms with van der Waals surface area (Å²) in [4.78, 5) is 35.6. The molecule has 0 saturated carbocycles. The summed E-state index contributed by atoms with van der Waals surface area (Å²) in [5.41, 5.74) is 4.60. The average molecular weight is 553 g/mol. The van der Waals surface area contributed by atoms with Gasteiger partial charge in [0.05, 0.1) is 28.1 Å². The van der Waals surface area contributed by atoms with Gasteiger partial charge in [0.15, 0.2) is 18.1 Å². The second kappa shape index (κ2) is 11.7. The molecule has 1 heterocycles. The number of nitrogens with one attached hydrogen (secondary N) is 2. The number of non-ortho nitro benzene ring substituents is 1. The number of benzene rings is 3. The Balaban J connectivity index is 1.39. The Morgan fingerprint density at radius 1 is 1.13 bits per heavy atom. The number of amides is 2. The van der Waals surface area contributed by atoms with E-state index < -0.39 is 10.8 Å². The van der Waals surface area contributed by atoms with Crippen molar-refractivity contribution >= 4 is 62.4 Å². The van der Waals surface area contributed by atoms with Crippen LogP contribution in [0.1, 0.15) is 20.8 Å². The molecule has 194 valence electrons. The summed E-state index contributed by atoms with van der Waals surface area (Å²) in [7, 11) is 1.43. The van der Waals surface area contributed by atoms with Crippen molar-refractivity contribution in [2.75, 3.05) is 19.0 Å². The number of hydrogen-bond donors (Lipinski definition) is 2. The normalized spacial score (nSPS) is 10.9. The molecule has 0 aliphatic rings. The van der Waals surface area contributed by atoms with Crippen molar-refractivity contribution in [3.05, 3.63) is 91.8 Å². The summed E-state index contributed by atoms with van der Waals surface area (Å²) in [5.74, 6) is -0.368. The van der Waals surface area contributed by atoms with Crippen molar-refractivity contribution in [3.63, 3.8) is 0 Å². The van der Waals surface area contributed by atoms with E-state index in [0.717, 1.165) is 10.3 Å². The van der Waals surface area contributed by atoms with E-state index in [1.165, 1.54) is 36.8 Å². The maximum absolute atomic E-state index is 12.5. The summed E-state index contributed by atoms with van der Waals surface area (Å²) in [5, 5.41) is 18.4. The number of fused-ring (bicyclic) bond motifs is 1. The summed E-state index contributed by atoms with van der Waals surface area (Å²) in [6.45, 7) is 1.67. The zero-order valence-corrected chi connectivity index (χ0v) is 21.8. The fraction of sp³-hybridized carbons (Fsp3) is 0.115. The van der Waals surface area contributed by atoms with Crippen molar-refractivity contribution in [1.29, 1.82) is 0 Å². The van der Waals surface area contributed by atoms with Gasteiger partial charge in [-0.1, -0.05) is 29.3 Å². The Labute approximate surface area is 226 Å². The molecular formula is C26H21ClN4O6S. The van der Waals surface area contributed by atoms with Crippen LogP contribution < -0.4 is 20.2 Å². The first-order valence-corrected chi connectivity index (χ1v) is 12.3. The van der Waals surface area contributed by atoms with Crippen LogP contribution in [-0.2, 0) is 4.79 Å². The van der Waals surface area contributed by atoms with Crippen molar-refractivity contribution in [3.8, 4) is 11.5 Å². The van der Waals surface area contributed by atoms with E-state index >= 15 is 0 Å². The van der Waals surface area contributed by atoms with Crippen molar-refractivity contribution in [1.82, 2.24) is 5.43 Å². The van der Waals surface area contributed by atoms with Crippen LogP contribution in [-0.4, -0.2) is 36.7 Å². The SMILES string of the molecule is COc1cc(/C=N\NC(=O)c2cc3cc([N+](=O)[O-])ccc3s2)cc(Cl)c1OCC(=O)Nc1ccc(C)cc1. The van der Waals surface area contributed by atoms with Gasteiger partial charge in [0.2, 0.25) is 0 Å². The molecule has 0 atom stereocenters. The number of carbonyl (C=O) groups excluding carboxylic acids is 2. The molecule has 38 heavy (non-hydrogen) atoms. The number of carbonyl (C=O) groups is 2. The number of nitro benzene ring substituents is 1. The van der Waals surface area contributed by atoms with Crippen LogP contribution in [0.5, 0.6) is 11.5 Å². The fourth-order valence-corrected chi connectivity index (χ4v) is 4.61. The molecule has 4 aromatic rings. The molecule has 0 spiro atoms. The van der Waals surface area contributed by atoms with Crippen LogP contribution in [0.3, 0.4) is 0 Å². The highest BCUT2D eigenvalue weighted by Crippen LogP contribution is 2.36. The van der Waals surface area contributed by atoms with Crippen LogP contribution in [0.4, 0.5) is 11.4 Å². The Morgan fingerprint density at radius 3 is 2.61 bits per heavy atom. The number of rotatable bonds is 9. The number of ether oxygens (including phenoxy) is 2. The van der Waals surface area contributed by atoms with Gasteiger partial charge in [-0.3, -0.25) is 19.7 Å². The maximum Gasteiger partial charge on any atom is 0.281 e. The highest BCUT2D eigenvalue weighted by Gasteiger charge is 2.15. The molecule has 0 saturated heterocycles. The first-order chi connectivity index (χ1) is 18.2. The predicted octanol–water partition coefficient (Wildman–Crippen LogP) is 5.56. The van der Waals surface area contributed by atoms with Crippen molar-refractivity contribution in [2.45, 2.75) is 6.92 Å². The maximum atomic E-state index is 12.5. The number of aryl methyl sites for hydroxylation is 1. The van der Waals surface area contributed by atoms with Gasteiger partial charge in [-0.2, -0.15) is 5.10 Å². The van der Waals surface area contributed by atoms with E-state index in [9.17, 15) is 19.7 Å². The van der Waals surface area contributed by atoms with Gasteiger partial charge < -0.3 is 14.8 Å².